The zero-order valence-corrected chi connectivity index (χ0v) is 11.8. The Kier molecular flexibility index (Phi) is 4.74. The fourth-order valence-corrected chi connectivity index (χ4v) is 2.36. The third-order valence-electron chi connectivity index (χ3n) is 3.78. The van der Waals surface area contributed by atoms with Crippen LogP contribution >= 0.6 is 0 Å². The zero-order valence-electron chi connectivity index (χ0n) is 11.8. The summed E-state index contributed by atoms with van der Waals surface area (Å²) in [5.41, 5.74) is 3.60. The molecule has 0 saturated carbocycles. The predicted molar refractivity (Wildman–Crippen MR) is 73.7 cm³/mol. The van der Waals surface area contributed by atoms with E-state index in [2.05, 4.69) is 46.2 Å². The number of aromatic nitrogens is 2. The summed E-state index contributed by atoms with van der Waals surface area (Å²) < 4.78 is 0. The first-order valence-electron chi connectivity index (χ1n) is 6.79. The molecule has 18 heavy (non-hydrogen) atoms. The maximum atomic E-state index is 4.21. The second-order valence-corrected chi connectivity index (χ2v) is 5.23. The van der Waals surface area contributed by atoms with Crippen LogP contribution in [0.15, 0.2) is 0 Å². The highest BCUT2D eigenvalue weighted by molar-refractivity contribution is 5.22. The summed E-state index contributed by atoms with van der Waals surface area (Å²) in [6.45, 7) is 12.0. The topological polar surface area (TPSA) is 47.2 Å². The molecule has 102 valence electrons. The van der Waals surface area contributed by atoms with Gasteiger partial charge in [-0.3, -0.25) is 10.00 Å². The first-order chi connectivity index (χ1) is 8.66. The molecule has 1 aromatic heterocycles. The van der Waals surface area contributed by atoms with E-state index in [-0.39, 0.29) is 0 Å². The number of nitrogens with zero attached hydrogens (tertiary/aromatic N) is 3. The minimum atomic E-state index is 0.919. The van der Waals surface area contributed by atoms with Gasteiger partial charge in [0.05, 0.1) is 5.69 Å². The maximum absolute atomic E-state index is 4.21. The molecule has 1 fully saturated rings. The fraction of sp³-hybridized carbons (Fsp3) is 0.769. The van der Waals surface area contributed by atoms with Gasteiger partial charge in [0.15, 0.2) is 0 Å². The molecule has 1 aliphatic rings. The molecule has 0 amide bonds. The van der Waals surface area contributed by atoms with Gasteiger partial charge in [0, 0.05) is 57.1 Å². The number of nitrogens with one attached hydrogen (secondary N) is 2. The number of hydrogen-bond acceptors (Lipinski definition) is 4. The Morgan fingerprint density at radius 2 is 1.94 bits per heavy atom. The normalized spacial score (nSPS) is 18.4. The van der Waals surface area contributed by atoms with Gasteiger partial charge in [0.1, 0.15) is 0 Å². The Balaban J connectivity index is 1.64. The number of aromatic amines is 1. The van der Waals surface area contributed by atoms with Crippen LogP contribution in [0.25, 0.3) is 0 Å². The van der Waals surface area contributed by atoms with Crippen LogP contribution in [-0.2, 0) is 6.54 Å². The SMILES string of the molecule is Cc1n[nH]c(C)c1CNCCN1CCN(C)CC1. The monoisotopic (exact) mass is 251 g/mol. The zero-order chi connectivity index (χ0) is 13.0. The molecule has 0 unspecified atom stereocenters. The number of rotatable bonds is 5. The Morgan fingerprint density at radius 3 is 2.56 bits per heavy atom. The Bertz CT molecular complexity index is 346. The first-order valence-corrected chi connectivity index (χ1v) is 6.79. The van der Waals surface area contributed by atoms with Gasteiger partial charge in [-0.15, -0.1) is 0 Å². The van der Waals surface area contributed by atoms with Crippen LogP contribution in [0.1, 0.15) is 17.0 Å². The molecular weight excluding hydrogens is 226 g/mol. The van der Waals surface area contributed by atoms with Crippen LogP contribution in [0.3, 0.4) is 0 Å². The van der Waals surface area contributed by atoms with Gasteiger partial charge in [-0.2, -0.15) is 5.10 Å². The van der Waals surface area contributed by atoms with Crippen LogP contribution in [-0.4, -0.2) is 66.3 Å². The molecule has 0 bridgehead atoms. The van der Waals surface area contributed by atoms with E-state index in [1.165, 1.54) is 37.4 Å². The number of hydrogen-bond donors (Lipinski definition) is 2. The molecule has 2 rings (SSSR count). The fourth-order valence-electron chi connectivity index (χ4n) is 2.36. The van der Waals surface area contributed by atoms with Crippen LogP contribution in [0.4, 0.5) is 0 Å². The molecular formula is C13H25N5. The van der Waals surface area contributed by atoms with E-state index in [0.717, 1.165) is 25.3 Å². The highest BCUT2D eigenvalue weighted by atomic mass is 15.2. The van der Waals surface area contributed by atoms with Crippen LogP contribution in [0.2, 0.25) is 0 Å². The summed E-state index contributed by atoms with van der Waals surface area (Å²) in [6, 6.07) is 0. The lowest BCUT2D eigenvalue weighted by Crippen LogP contribution is -2.46. The van der Waals surface area contributed by atoms with E-state index in [0.29, 0.717) is 0 Å². The third kappa shape index (κ3) is 3.54. The minimum Gasteiger partial charge on any atom is -0.311 e. The third-order valence-corrected chi connectivity index (χ3v) is 3.78. The number of piperazine rings is 1. The largest absolute Gasteiger partial charge is 0.311 e. The molecule has 0 radical (unpaired) electrons. The van der Waals surface area contributed by atoms with Gasteiger partial charge in [-0.05, 0) is 20.9 Å². The van der Waals surface area contributed by atoms with Crippen LogP contribution in [0, 0.1) is 13.8 Å². The lowest BCUT2D eigenvalue weighted by Gasteiger charge is -2.32. The van der Waals surface area contributed by atoms with Crippen molar-refractivity contribution in [3.8, 4) is 0 Å². The van der Waals surface area contributed by atoms with E-state index < -0.39 is 0 Å². The van der Waals surface area contributed by atoms with Crippen molar-refractivity contribution in [3.05, 3.63) is 17.0 Å². The van der Waals surface area contributed by atoms with Crippen molar-refractivity contribution in [3.63, 3.8) is 0 Å². The van der Waals surface area contributed by atoms with E-state index in [1.807, 2.05) is 0 Å². The predicted octanol–water partition coefficient (Wildman–Crippen LogP) is 0.364. The highest BCUT2D eigenvalue weighted by Gasteiger charge is 2.12. The molecule has 1 aliphatic heterocycles. The summed E-state index contributed by atoms with van der Waals surface area (Å²) in [5.74, 6) is 0. The van der Waals surface area contributed by atoms with Crippen molar-refractivity contribution in [2.45, 2.75) is 20.4 Å². The minimum absolute atomic E-state index is 0.919. The van der Waals surface area contributed by atoms with Crippen molar-refractivity contribution in [2.75, 3.05) is 46.3 Å². The summed E-state index contributed by atoms with van der Waals surface area (Å²) in [5, 5.41) is 10.8. The van der Waals surface area contributed by atoms with E-state index >= 15 is 0 Å². The van der Waals surface area contributed by atoms with Crippen molar-refractivity contribution in [1.29, 1.82) is 0 Å². The Hall–Kier alpha value is -0.910. The molecule has 1 saturated heterocycles. The van der Waals surface area contributed by atoms with Gasteiger partial charge < -0.3 is 10.2 Å². The summed E-state index contributed by atoms with van der Waals surface area (Å²) in [6.07, 6.45) is 0. The number of likely N-dealkylation sites (N-methyl/N-ethyl adjacent to an activating group) is 1. The van der Waals surface area contributed by atoms with Crippen molar-refractivity contribution in [2.24, 2.45) is 0 Å². The summed E-state index contributed by atoms with van der Waals surface area (Å²) >= 11 is 0. The molecule has 2 N–H and O–H groups in total. The summed E-state index contributed by atoms with van der Waals surface area (Å²) in [7, 11) is 2.19. The smallest absolute Gasteiger partial charge is 0.0638 e. The van der Waals surface area contributed by atoms with Gasteiger partial charge in [0.2, 0.25) is 0 Å². The molecule has 0 atom stereocenters. The van der Waals surface area contributed by atoms with Crippen molar-refractivity contribution < 1.29 is 0 Å². The quantitative estimate of drug-likeness (QED) is 0.742. The average molecular weight is 251 g/mol. The van der Waals surface area contributed by atoms with Crippen LogP contribution < -0.4 is 5.32 Å². The molecule has 5 heteroatoms. The Morgan fingerprint density at radius 1 is 1.22 bits per heavy atom. The lowest BCUT2D eigenvalue weighted by molar-refractivity contribution is 0.154. The maximum Gasteiger partial charge on any atom is 0.0638 e. The van der Waals surface area contributed by atoms with Gasteiger partial charge in [0.25, 0.3) is 0 Å². The molecule has 5 nitrogen and oxygen atoms in total. The molecule has 1 aromatic rings. The summed E-state index contributed by atoms with van der Waals surface area (Å²) in [4.78, 5) is 4.92. The lowest BCUT2D eigenvalue weighted by atomic mass is 10.2. The van der Waals surface area contributed by atoms with Crippen LogP contribution in [0.5, 0.6) is 0 Å². The first kappa shape index (κ1) is 13.5. The number of H-pyrrole nitrogens is 1. The average Bonchev–Trinajstić information content (AvgIpc) is 2.68. The molecule has 0 aromatic carbocycles. The highest BCUT2D eigenvalue weighted by Crippen LogP contribution is 2.08. The van der Waals surface area contributed by atoms with Crippen molar-refractivity contribution >= 4 is 0 Å². The second kappa shape index (κ2) is 6.31. The van der Waals surface area contributed by atoms with E-state index in [9.17, 15) is 0 Å². The molecule has 0 spiro atoms. The Labute approximate surface area is 110 Å². The van der Waals surface area contributed by atoms with E-state index in [4.69, 9.17) is 0 Å². The van der Waals surface area contributed by atoms with Gasteiger partial charge >= 0.3 is 0 Å². The molecule has 2 heterocycles. The number of aryl methyl sites for hydroxylation is 2. The molecule has 0 aliphatic carbocycles. The van der Waals surface area contributed by atoms with E-state index in [1.54, 1.807) is 0 Å². The van der Waals surface area contributed by atoms with Gasteiger partial charge in [-0.1, -0.05) is 0 Å². The standard InChI is InChI=1S/C13H25N5/c1-11-13(12(2)16-15-11)10-14-4-5-18-8-6-17(3)7-9-18/h14H,4-10H2,1-3H3,(H,15,16). The van der Waals surface area contributed by atoms with Crippen molar-refractivity contribution in [1.82, 2.24) is 25.3 Å². The second-order valence-electron chi connectivity index (χ2n) is 5.23. The van der Waals surface area contributed by atoms with Gasteiger partial charge in [-0.25, -0.2) is 0 Å².